The zero-order chi connectivity index (χ0) is 9.97. The van der Waals surface area contributed by atoms with Gasteiger partial charge in [0.25, 0.3) is 0 Å². The number of carbonyl (C=O) groups is 1. The van der Waals surface area contributed by atoms with Gasteiger partial charge in [-0.3, -0.25) is 0 Å². The Balaban J connectivity index is 1.91. The van der Waals surface area contributed by atoms with Gasteiger partial charge in [0.15, 0.2) is 0 Å². The second kappa shape index (κ2) is 4.46. The Bertz CT molecular complexity index is 199. The van der Waals surface area contributed by atoms with Crippen molar-refractivity contribution >= 4 is 6.29 Å². The van der Waals surface area contributed by atoms with Crippen molar-refractivity contribution in [1.29, 1.82) is 0 Å². The van der Waals surface area contributed by atoms with Crippen LogP contribution in [0.15, 0.2) is 0 Å². The van der Waals surface area contributed by atoms with Crippen LogP contribution in [-0.4, -0.2) is 6.29 Å². The van der Waals surface area contributed by atoms with Crippen molar-refractivity contribution in [3.05, 3.63) is 0 Å². The lowest BCUT2D eigenvalue weighted by Gasteiger charge is -2.40. The van der Waals surface area contributed by atoms with E-state index in [2.05, 4.69) is 6.92 Å². The first-order valence-corrected chi connectivity index (χ1v) is 6.28. The maximum Gasteiger partial charge on any atom is 0.123 e. The van der Waals surface area contributed by atoms with Crippen molar-refractivity contribution in [3.63, 3.8) is 0 Å². The van der Waals surface area contributed by atoms with Crippen LogP contribution >= 0.6 is 0 Å². The number of hydrogen-bond donors (Lipinski definition) is 0. The molecule has 2 fully saturated rings. The smallest absolute Gasteiger partial charge is 0.123 e. The molecular formula is C13H22O. The van der Waals surface area contributed by atoms with Gasteiger partial charge in [-0.25, -0.2) is 0 Å². The van der Waals surface area contributed by atoms with Crippen molar-refractivity contribution in [2.45, 2.75) is 51.9 Å². The van der Waals surface area contributed by atoms with Gasteiger partial charge in [0.05, 0.1) is 0 Å². The summed E-state index contributed by atoms with van der Waals surface area (Å²) in [5.41, 5.74) is 0. The zero-order valence-electron chi connectivity index (χ0n) is 9.24. The predicted molar refractivity (Wildman–Crippen MR) is 58.0 cm³/mol. The molecule has 0 aromatic heterocycles. The molecule has 0 radical (unpaired) electrons. The molecule has 2 aliphatic rings. The van der Waals surface area contributed by atoms with Crippen LogP contribution in [0.2, 0.25) is 0 Å². The molecular weight excluding hydrogens is 172 g/mol. The van der Waals surface area contributed by atoms with Crippen molar-refractivity contribution in [3.8, 4) is 0 Å². The first kappa shape index (κ1) is 10.2. The Hall–Kier alpha value is -0.330. The third-order valence-electron chi connectivity index (χ3n) is 4.53. The topological polar surface area (TPSA) is 17.1 Å². The van der Waals surface area contributed by atoms with Gasteiger partial charge in [0, 0.05) is 5.92 Å². The zero-order valence-corrected chi connectivity index (χ0v) is 9.24. The molecule has 0 aromatic carbocycles. The first-order valence-electron chi connectivity index (χ1n) is 6.28. The fourth-order valence-corrected chi connectivity index (χ4v) is 3.52. The number of rotatable bonds is 2. The van der Waals surface area contributed by atoms with Gasteiger partial charge < -0.3 is 4.79 Å². The molecule has 4 atom stereocenters. The lowest BCUT2D eigenvalue weighted by Crippen LogP contribution is -2.31. The maximum atomic E-state index is 10.8. The predicted octanol–water partition coefficient (Wildman–Crippen LogP) is 3.43. The standard InChI is InChI=1S/C13H22O/c1-2-10-3-5-13-8-11(9-14)4-6-12(13)7-10/h9-13H,2-8H2,1H3. The molecule has 14 heavy (non-hydrogen) atoms. The summed E-state index contributed by atoms with van der Waals surface area (Å²) < 4.78 is 0. The molecule has 0 aromatic rings. The SMILES string of the molecule is CCC1CCC2CC(C=O)CCC2C1. The van der Waals surface area contributed by atoms with Gasteiger partial charge in [0.1, 0.15) is 6.29 Å². The summed E-state index contributed by atoms with van der Waals surface area (Å²) >= 11 is 0. The fourth-order valence-electron chi connectivity index (χ4n) is 3.52. The Morgan fingerprint density at radius 2 is 1.79 bits per heavy atom. The Kier molecular flexibility index (Phi) is 3.25. The van der Waals surface area contributed by atoms with E-state index < -0.39 is 0 Å². The van der Waals surface area contributed by atoms with E-state index in [-0.39, 0.29) is 0 Å². The van der Waals surface area contributed by atoms with E-state index in [0.29, 0.717) is 5.92 Å². The van der Waals surface area contributed by atoms with Gasteiger partial charge in [-0.15, -0.1) is 0 Å². The highest BCUT2D eigenvalue weighted by Gasteiger charge is 2.34. The summed E-state index contributed by atoms with van der Waals surface area (Å²) in [7, 11) is 0. The average molecular weight is 194 g/mol. The van der Waals surface area contributed by atoms with Crippen LogP contribution in [0.4, 0.5) is 0 Å². The number of hydrogen-bond acceptors (Lipinski definition) is 1. The minimum Gasteiger partial charge on any atom is -0.303 e. The van der Waals surface area contributed by atoms with Crippen molar-refractivity contribution in [1.82, 2.24) is 0 Å². The molecule has 0 spiro atoms. The van der Waals surface area contributed by atoms with Crippen LogP contribution in [0.5, 0.6) is 0 Å². The molecule has 2 rings (SSSR count). The monoisotopic (exact) mass is 194 g/mol. The van der Waals surface area contributed by atoms with Crippen LogP contribution in [0.25, 0.3) is 0 Å². The molecule has 0 amide bonds. The molecule has 80 valence electrons. The Labute approximate surface area is 87.3 Å². The van der Waals surface area contributed by atoms with Gasteiger partial charge >= 0.3 is 0 Å². The minimum atomic E-state index is 0.398. The lowest BCUT2D eigenvalue weighted by atomic mass is 9.65. The van der Waals surface area contributed by atoms with E-state index in [0.717, 1.165) is 17.8 Å². The van der Waals surface area contributed by atoms with Gasteiger partial charge in [-0.2, -0.15) is 0 Å². The maximum absolute atomic E-state index is 10.8. The quantitative estimate of drug-likeness (QED) is 0.615. The fraction of sp³-hybridized carbons (Fsp3) is 0.923. The average Bonchev–Trinajstić information content (AvgIpc) is 2.27. The summed E-state index contributed by atoms with van der Waals surface area (Å²) in [5, 5.41) is 0. The Morgan fingerprint density at radius 3 is 2.50 bits per heavy atom. The summed E-state index contributed by atoms with van der Waals surface area (Å²) in [4.78, 5) is 10.8. The van der Waals surface area contributed by atoms with Crippen LogP contribution in [-0.2, 0) is 4.79 Å². The van der Waals surface area contributed by atoms with Crippen LogP contribution in [0.1, 0.15) is 51.9 Å². The summed E-state index contributed by atoms with van der Waals surface area (Å²) in [5.74, 6) is 3.24. The number of fused-ring (bicyclic) bond motifs is 1. The minimum absolute atomic E-state index is 0.398. The molecule has 0 saturated heterocycles. The largest absolute Gasteiger partial charge is 0.303 e. The first-order chi connectivity index (χ1) is 6.83. The van der Waals surface area contributed by atoms with Crippen LogP contribution in [0, 0.1) is 23.7 Å². The van der Waals surface area contributed by atoms with E-state index in [1.807, 2.05) is 0 Å². The summed E-state index contributed by atoms with van der Waals surface area (Å²) in [6, 6.07) is 0. The van der Waals surface area contributed by atoms with Gasteiger partial charge in [-0.1, -0.05) is 19.8 Å². The van der Waals surface area contributed by atoms with E-state index >= 15 is 0 Å². The molecule has 1 nitrogen and oxygen atoms in total. The third kappa shape index (κ3) is 2.02. The van der Waals surface area contributed by atoms with E-state index in [4.69, 9.17) is 0 Å². The van der Waals surface area contributed by atoms with Crippen molar-refractivity contribution in [2.24, 2.45) is 23.7 Å². The molecule has 0 heterocycles. The molecule has 1 heteroatoms. The Morgan fingerprint density at radius 1 is 1.07 bits per heavy atom. The van der Waals surface area contributed by atoms with Crippen molar-refractivity contribution in [2.75, 3.05) is 0 Å². The highest BCUT2D eigenvalue weighted by molar-refractivity contribution is 5.53. The van der Waals surface area contributed by atoms with Gasteiger partial charge in [-0.05, 0) is 49.9 Å². The second-order valence-corrected chi connectivity index (χ2v) is 5.32. The highest BCUT2D eigenvalue weighted by atomic mass is 16.1. The van der Waals surface area contributed by atoms with E-state index in [1.54, 1.807) is 0 Å². The molecule has 4 unspecified atom stereocenters. The van der Waals surface area contributed by atoms with Crippen molar-refractivity contribution < 1.29 is 4.79 Å². The van der Waals surface area contributed by atoms with E-state index in [9.17, 15) is 4.79 Å². The lowest BCUT2D eigenvalue weighted by molar-refractivity contribution is -0.113. The highest BCUT2D eigenvalue weighted by Crippen LogP contribution is 2.44. The van der Waals surface area contributed by atoms with Crippen LogP contribution in [0.3, 0.4) is 0 Å². The second-order valence-electron chi connectivity index (χ2n) is 5.32. The van der Waals surface area contributed by atoms with Gasteiger partial charge in [0.2, 0.25) is 0 Å². The molecule has 0 bridgehead atoms. The summed E-state index contributed by atoms with van der Waals surface area (Å²) in [6.07, 6.45) is 10.5. The molecule has 0 aliphatic heterocycles. The molecule has 0 N–H and O–H groups in total. The molecule has 2 saturated carbocycles. The third-order valence-corrected chi connectivity index (χ3v) is 4.53. The van der Waals surface area contributed by atoms with Crippen LogP contribution < -0.4 is 0 Å². The number of carbonyl (C=O) groups excluding carboxylic acids is 1. The number of aldehydes is 1. The molecule has 2 aliphatic carbocycles. The normalized spacial score (nSPS) is 42.9. The summed E-state index contributed by atoms with van der Waals surface area (Å²) in [6.45, 7) is 2.32. The van der Waals surface area contributed by atoms with E-state index in [1.165, 1.54) is 51.2 Å².